The second-order valence-corrected chi connectivity index (χ2v) is 10.5. The molecule has 2 aromatic heterocycles. The molecular formula is C31H33ClN8O4. The van der Waals surface area contributed by atoms with Crippen LogP contribution >= 0.6 is 11.6 Å². The fraction of sp³-hybridized carbons (Fsp3) is 0.290. The van der Waals surface area contributed by atoms with E-state index in [1.165, 1.54) is 17.1 Å². The third-order valence-corrected chi connectivity index (χ3v) is 7.27. The minimum atomic E-state index is -0.545. The smallest absolute Gasteiger partial charge is 0.411 e. The number of anilines is 2. The van der Waals surface area contributed by atoms with Crippen molar-refractivity contribution in [1.82, 2.24) is 30.5 Å². The second kappa shape index (κ2) is 15.1. The Kier molecular flexibility index (Phi) is 10.5. The number of aromatic nitrogens is 5. The number of carbonyl (C=O) groups is 2. The molecule has 1 atom stereocenters. The van der Waals surface area contributed by atoms with Crippen molar-refractivity contribution in [2.24, 2.45) is 0 Å². The summed E-state index contributed by atoms with van der Waals surface area (Å²) in [6.07, 6.45) is 9.40. The lowest BCUT2D eigenvalue weighted by atomic mass is 9.98. The molecule has 3 heterocycles. The Morgan fingerprint density at radius 2 is 2.02 bits per heavy atom. The van der Waals surface area contributed by atoms with Gasteiger partial charge in [0.25, 0.3) is 0 Å². The number of nitrogens with zero attached hydrogens (tertiary/aromatic N) is 5. The van der Waals surface area contributed by atoms with Gasteiger partial charge in [0.15, 0.2) is 0 Å². The Morgan fingerprint density at radius 1 is 1.11 bits per heavy atom. The zero-order valence-electron chi connectivity index (χ0n) is 24.2. The molecule has 5 rings (SSSR count). The lowest BCUT2D eigenvalue weighted by molar-refractivity contribution is -0.117. The van der Waals surface area contributed by atoms with E-state index in [9.17, 15) is 9.59 Å². The topological polar surface area (TPSA) is 145 Å². The first-order valence-corrected chi connectivity index (χ1v) is 14.7. The van der Waals surface area contributed by atoms with Gasteiger partial charge in [-0.1, -0.05) is 30.5 Å². The molecule has 3 N–H and O–H groups in total. The van der Waals surface area contributed by atoms with Crippen molar-refractivity contribution in [2.75, 3.05) is 37.5 Å². The first kappa shape index (κ1) is 30.6. The van der Waals surface area contributed by atoms with Crippen molar-refractivity contribution in [3.05, 3.63) is 83.4 Å². The molecule has 13 heteroatoms. The molecular weight excluding hydrogens is 584 g/mol. The van der Waals surface area contributed by atoms with Crippen LogP contribution in [0.5, 0.6) is 0 Å². The highest BCUT2D eigenvalue weighted by Crippen LogP contribution is 2.33. The molecule has 1 aliphatic rings. The summed E-state index contributed by atoms with van der Waals surface area (Å²) in [4.78, 5) is 30.0. The maximum absolute atomic E-state index is 13.2. The van der Waals surface area contributed by atoms with Gasteiger partial charge in [-0.25, -0.2) is 4.79 Å². The Morgan fingerprint density at radius 3 is 2.86 bits per heavy atom. The Balaban J connectivity index is 1.35. The van der Waals surface area contributed by atoms with Gasteiger partial charge in [0.2, 0.25) is 5.91 Å². The number of fused-ring (bicyclic) bond motifs is 4. The van der Waals surface area contributed by atoms with Gasteiger partial charge in [-0.3, -0.25) is 15.1 Å². The molecule has 12 nitrogen and oxygen atoms in total. The minimum Gasteiger partial charge on any atom is -0.447 e. The highest BCUT2D eigenvalue weighted by Gasteiger charge is 2.18. The minimum absolute atomic E-state index is 0.168. The zero-order chi connectivity index (χ0) is 30.7. The van der Waals surface area contributed by atoms with Crippen LogP contribution in [0.15, 0.2) is 67.1 Å². The van der Waals surface area contributed by atoms with Crippen molar-refractivity contribution in [3.63, 3.8) is 0 Å². The van der Waals surface area contributed by atoms with Gasteiger partial charge in [0.05, 0.1) is 24.0 Å². The van der Waals surface area contributed by atoms with Gasteiger partial charge < -0.3 is 20.1 Å². The summed E-state index contributed by atoms with van der Waals surface area (Å²) in [7, 11) is 1.55. The van der Waals surface area contributed by atoms with E-state index in [1.807, 2.05) is 30.3 Å². The van der Waals surface area contributed by atoms with Crippen molar-refractivity contribution >= 4 is 41.1 Å². The van der Waals surface area contributed by atoms with Crippen molar-refractivity contribution in [1.29, 1.82) is 0 Å². The Bertz CT molecular complexity index is 1610. The number of benzene rings is 2. The molecule has 2 aromatic carbocycles. The highest BCUT2D eigenvalue weighted by atomic mass is 35.5. The number of tetrazole rings is 1. The number of halogens is 1. The molecule has 1 aliphatic heterocycles. The van der Waals surface area contributed by atoms with Gasteiger partial charge in [-0.2, -0.15) is 4.68 Å². The highest BCUT2D eigenvalue weighted by molar-refractivity contribution is 6.30. The van der Waals surface area contributed by atoms with Gasteiger partial charge in [-0.15, -0.1) is 5.10 Å². The van der Waals surface area contributed by atoms with Gasteiger partial charge in [0.1, 0.15) is 12.9 Å². The van der Waals surface area contributed by atoms with Crippen molar-refractivity contribution < 1.29 is 19.1 Å². The van der Waals surface area contributed by atoms with E-state index in [0.717, 1.165) is 54.7 Å². The molecule has 0 fully saturated rings. The SMILES string of the molecule is COCCOC(=O)Nc1ccc2c(c1)NCCCCCC(NC(=O)C=Cc1cc(Cl)ccc1-n1cnnn1)c1cc-2ccn1. The molecule has 1 unspecified atom stereocenters. The number of methoxy groups -OCH3 is 1. The third-order valence-electron chi connectivity index (χ3n) is 7.04. The standard InChI is InChI=1S/C31H33ClN8O4/c1-43-15-16-44-31(42)36-24-8-9-25-21-12-14-34-28(18-21)26(5-3-2-4-13-33-27(25)19-24)37-30(41)11-6-22-17-23(32)7-10-29(22)40-20-35-38-39-40/h6-12,14,17-20,26,33H,2-5,13,15-16H2,1H3,(H,36,42)(H,37,41). The van der Waals surface area contributed by atoms with E-state index < -0.39 is 6.09 Å². The molecule has 0 radical (unpaired) electrons. The predicted octanol–water partition coefficient (Wildman–Crippen LogP) is 5.43. The first-order chi connectivity index (χ1) is 21.5. The van der Waals surface area contributed by atoms with Gasteiger partial charge >= 0.3 is 6.09 Å². The number of hydrogen-bond donors (Lipinski definition) is 3. The molecule has 0 saturated heterocycles. The summed E-state index contributed by atoms with van der Waals surface area (Å²) in [5, 5.41) is 21.3. The Hall–Kier alpha value is -4.81. The number of hydrogen-bond acceptors (Lipinski definition) is 9. The number of nitrogens with one attached hydrogen (secondary N) is 3. The average Bonchev–Trinajstić information content (AvgIpc) is 3.56. The van der Waals surface area contributed by atoms with Crippen LogP contribution in [0.1, 0.15) is 43.0 Å². The largest absolute Gasteiger partial charge is 0.447 e. The van der Waals surface area contributed by atoms with Crippen LogP contribution < -0.4 is 16.0 Å². The monoisotopic (exact) mass is 616 g/mol. The first-order valence-electron chi connectivity index (χ1n) is 14.3. The third kappa shape index (κ3) is 8.17. The number of carbonyl (C=O) groups excluding carboxylic acids is 2. The number of rotatable bonds is 8. The summed E-state index contributed by atoms with van der Waals surface area (Å²) in [6, 6.07) is 14.6. The van der Waals surface area contributed by atoms with E-state index in [0.29, 0.717) is 28.6 Å². The summed E-state index contributed by atoms with van der Waals surface area (Å²) in [5.41, 5.74) is 5.52. The fourth-order valence-corrected chi connectivity index (χ4v) is 5.07. The number of amides is 2. The molecule has 228 valence electrons. The van der Waals surface area contributed by atoms with Crippen LogP contribution in [0.2, 0.25) is 5.02 Å². The Labute approximate surface area is 259 Å². The molecule has 2 amide bonds. The summed E-state index contributed by atoms with van der Waals surface area (Å²) in [5.74, 6) is -0.257. The summed E-state index contributed by atoms with van der Waals surface area (Å²) < 4.78 is 11.6. The van der Waals surface area contributed by atoms with Crippen LogP contribution in [-0.2, 0) is 14.3 Å². The lowest BCUT2D eigenvalue weighted by Crippen LogP contribution is -2.27. The molecule has 0 saturated carbocycles. The number of ether oxygens (including phenoxy) is 2. The molecule has 4 aromatic rings. The van der Waals surface area contributed by atoms with E-state index >= 15 is 0 Å². The van der Waals surface area contributed by atoms with E-state index in [4.69, 9.17) is 21.1 Å². The maximum atomic E-state index is 13.2. The fourth-order valence-electron chi connectivity index (χ4n) is 4.89. The maximum Gasteiger partial charge on any atom is 0.411 e. The number of pyridine rings is 1. The lowest BCUT2D eigenvalue weighted by Gasteiger charge is -2.21. The summed E-state index contributed by atoms with van der Waals surface area (Å²) in [6.45, 7) is 1.25. The van der Waals surface area contributed by atoms with E-state index in [1.54, 1.807) is 37.6 Å². The summed E-state index contributed by atoms with van der Waals surface area (Å²) >= 11 is 6.23. The normalized spacial score (nSPS) is 14.9. The van der Waals surface area contributed by atoms with Gasteiger partial charge in [-0.05, 0) is 77.4 Å². The van der Waals surface area contributed by atoms with Crippen LogP contribution in [-0.4, -0.2) is 64.1 Å². The second-order valence-electron chi connectivity index (χ2n) is 10.1. The molecule has 0 aliphatic carbocycles. The van der Waals surface area contributed by atoms with Crippen LogP contribution in [0.25, 0.3) is 22.9 Å². The predicted molar refractivity (Wildman–Crippen MR) is 168 cm³/mol. The zero-order valence-corrected chi connectivity index (χ0v) is 25.0. The quantitative estimate of drug-likeness (QED) is 0.174. The van der Waals surface area contributed by atoms with Crippen LogP contribution in [0, 0.1) is 0 Å². The molecule has 2 bridgehead atoms. The van der Waals surface area contributed by atoms with Crippen LogP contribution in [0.3, 0.4) is 0 Å². The van der Waals surface area contributed by atoms with E-state index in [-0.39, 0.29) is 18.6 Å². The van der Waals surface area contributed by atoms with Crippen molar-refractivity contribution in [2.45, 2.75) is 31.7 Å². The van der Waals surface area contributed by atoms with Crippen LogP contribution in [0.4, 0.5) is 16.2 Å². The van der Waals surface area contributed by atoms with E-state index in [2.05, 4.69) is 36.5 Å². The molecule has 0 spiro atoms. The van der Waals surface area contributed by atoms with Gasteiger partial charge in [0, 0.05) is 53.5 Å². The average molecular weight is 617 g/mol. The molecule has 44 heavy (non-hydrogen) atoms. The van der Waals surface area contributed by atoms with Crippen molar-refractivity contribution in [3.8, 4) is 16.8 Å².